The molecule has 0 fully saturated rings. The van der Waals surface area contributed by atoms with Gasteiger partial charge in [0.25, 0.3) is 5.91 Å². The zero-order chi connectivity index (χ0) is 16.8. The maximum atomic E-state index is 12.2. The lowest BCUT2D eigenvalue weighted by atomic mass is 10.2. The Balaban J connectivity index is 2.06. The van der Waals surface area contributed by atoms with Gasteiger partial charge in [0.2, 0.25) is 0 Å². The zero-order valence-electron chi connectivity index (χ0n) is 12.6. The van der Waals surface area contributed by atoms with Gasteiger partial charge in [-0.3, -0.25) is 4.79 Å². The third-order valence-electron chi connectivity index (χ3n) is 3.19. The van der Waals surface area contributed by atoms with Gasteiger partial charge in [0, 0.05) is 16.4 Å². The standard InChI is InChI=1S/C17H17ClN2O3/c1-2-15(16(21)20-12-6-4-3-5-7-12)23-17(22)13-9-8-11(18)10-14(13)19/h3-10,15H,2,19H2,1H3,(H,20,21). The number of ether oxygens (including phenoxy) is 1. The van der Waals surface area contributed by atoms with Crippen LogP contribution in [-0.4, -0.2) is 18.0 Å². The van der Waals surface area contributed by atoms with Gasteiger partial charge in [0.15, 0.2) is 6.10 Å². The second-order valence-electron chi connectivity index (χ2n) is 4.89. The molecule has 0 saturated heterocycles. The zero-order valence-corrected chi connectivity index (χ0v) is 13.3. The number of carbonyl (C=O) groups is 2. The number of hydrogen-bond donors (Lipinski definition) is 2. The third kappa shape index (κ3) is 4.47. The maximum Gasteiger partial charge on any atom is 0.341 e. The third-order valence-corrected chi connectivity index (χ3v) is 3.42. The van der Waals surface area contributed by atoms with E-state index in [-0.39, 0.29) is 17.2 Å². The largest absolute Gasteiger partial charge is 0.449 e. The van der Waals surface area contributed by atoms with E-state index in [2.05, 4.69) is 5.32 Å². The molecule has 120 valence electrons. The molecule has 0 saturated carbocycles. The Hall–Kier alpha value is -2.53. The average Bonchev–Trinajstić information content (AvgIpc) is 2.53. The predicted octanol–water partition coefficient (Wildman–Crippen LogP) is 3.50. The van der Waals surface area contributed by atoms with Gasteiger partial charge in [-0.25, -0.2) is 4.79 Å². The fourth-order valence-corrected chi connectivity index (χ4v) is 2.16. The summed E-state index contributed by atoms with van der Waals surface area (Å²) >= 11 is 5.80. The van der Waals surface area contributed by atoms with Crippen molar-refractivity contribution in [2.75, 3.05) is 11.1 Å². The molecule has 1 amide bonds. The summed E-state index contributed by atoms with van der Waals surface area (Å²) in [5.41, 5.74) is 6.78. The molecule has 0 aliphatic heterocycles. The van der Waals surface area contributed by atoms with E-state index in [1.807, 2.05) is 6.07 Å². The summed E-state index contributed by atoms with van der Waals surface area (Å²) in [5.74, 6) is -1.05. The van der Waals surface area contributed by atoms with Gasteiger partial charge in [-0.15, -0.1) is 0 Å². The monoisotopic (exact) mass is 332 g/mol. The topological polar surface area (TPSA) is 81.4 Å². The Morgan fingerprint density at radius 1 is 1.22 bits per heavy atom. The molecule has 1 atom stereocenters. The van der Waals surface area contributed by atoms with Crippen molar-refractivity contribution in [3.63, 3.8) is 0 Å². The highest BCUT2D eigenvalue weighted by atomic mass is 35.5. The predicted molar refractivity (Wildman–Crippen MR) is 90.4 cm³/mol. The summed E-state index contributed by atoms with van der Waals surface area (Å²) in [6, 6.07) is 13.4. The van der Waals surface area contributed by atoms with Gasteiger partial charge >= 0.3 is 5.97 Å². The first-order valence-corrected chi connectivity index (χ1v) is 7.51. The van der Waals surface area contributed by atoms with E-state index in [1.54, 1.807) is 37.3 Å². The highest BCUT2D eigenvalue weighted by molar-refractivity contribution is 6.31. The number of esters is 1. The van der Waals surface area contributed by atoms with Crippen LogP contribution in [0, 0.1) is 0 Å². The van der Waals surface area contributed by atoms with E-state index in [0.717, 1.165) is 0 Å². The van der Waals surface area contributed by atoms with E-state index < -0.39 is 12.1 Å². The molecule has 0 heterocycles. The van der Waals surface area contributed by atoms with Crippen LogP contribution in [0.1, 0.15) is 23.7 Å². The molecule has 23 heavy (non-hydrogen) atoms. The SMILES string of the molecule is CCC(OC(=O)c1ccc(Cl)cc1N)C(=O)Nc1ccccc1. The van der Waals surface area contributed by atoms with Crippen molar-refractivity contribution in [1.82, 2.24) is 0 Å². The van der Waals surface area contributed by atoms with Crippen molar-refractivity contribution in [3.05, 3.63) is 59.1 Å². The summed E-state index contributed by atoms with van der Waals surface area (Å²) in [5, 5.41) is 3.13. The van der Waals surface area contributed by atoms with Crippen LogP contribution in [0.2, 0.25) is 5.02 Å². The van der Waals surface area contributed by atoms with Crippen LogP contribution in [0.15, 0.2) is 48.5 Å². The number of anilines is 2. The van der Waals surface area contributed by atoms with Crippen LogP contribution in [0.5, 0.6) is 0 Å². The highest BCUT2D eigenvalue weighted by Crippen LogP contribution is 2.20. The smallest absolute Gasteiger partial charge is 0.341 e. The van der Waals surface area contributed by atoms with Crippen LogP contribution in [0.25, 0.3) is 0 Å². The summed E-state index contributed by atoms with van der Waals surface area (Å²) in [7, 11) is 0. The number of nitrogen functional groups attached to an aromatic ring is 1. The quantitative estimate of drug-likeness (QED) is 0.648. The van der Waals surface area contributed by atoms with Crippen molar-refractivity contribution in [2.45, 2.75) is 19.4 Å². The van der Waals surface area contributed by atoms with E-state index >= 15 is 0 Å². The van der Waals surface area contributed by atoms with Gasteiger partial charge in [-0.05, 0) is 36.8 Å². The molecule has 1 unspecified atom stereocenters. The van der Waals surface area contributed by atoms with Gasteiger partial charge in [0.1, 0.15) is 0 Å². The molecular formula is C17H17ClN2O3. The molecule has 0 spiro atoms. The van der Waals surface area contributed by atoms with E-state index in [0.29, 0.717) is 17.1 Å². The molecule has 0 bridgehead atoms. The number of halogens is 1. The first kappa shape index (κ1) is 16.8. The van der Waals surface area contributed by atoms with E-state index in [9.17, 15) is 9.59 Å². The van der Waals surface area contributed by atoms with Crippen molar-refractivity contribution in [3.8, 4) is 0 Å². The van der Waals surface area contributed by atoms with Crippen molar-refractivity contribution in [1.29, 1.82) is 0 Å². The average molecular weight is 333 g/mol. The number of para-hydroxylation sites is 1. The molecule has 0 aliphatic rings. The van der Waals surface area contributed by atoms with Gasteiger partial charge in [0.05, 0.1) is 5.56 Å². The highest BCUT2D eigenvalue weighted by Gasteiger charge is 2.23. The van der Waals surface area contributed by atoms with Crippen molar-refractivity contribution in [2.24, 2.45) is 0 Å². The second kappa shape index (κ2) is 7.65. The Morgan fingerprint density at radius 3 is 2.52 bits per heavy atom. The molecule has 0 aromatic heterocycles. The molecular weight excluding hydrogens is 316 g/mol. The fourth-order valence-electron chi connectivity index (χ4n) is 1.98. The number of benzene rings is 2. The minimum absolute atomic E-state index is 0.181. The molecule has 5 nitrogen and oxygen atoms in total. The summed E-state index contributed by atoms with van der Waals surface area (Å²) < 4.78 is 5.27. The van der Waals surface area contributed by atoms with Crippen LogP contribution in [0.4, 0.5) is 11.4 Å². The minimum Gasteiger partial charge on any atom is -0.449 e. The number of rotatable bonds is 5. The minimum atomic E-state index is -0.905. The van der Waals surface area contributed by atoms with E-state index in [1.165, 1.54) is 12.1 Å². The lowest BCUT2D eigenvalue weighted by Gasteiger charge is -2.16. The number of nitrogens with one attached hydrogen (secondary N) is 1. The summed E-state index contributed by atoms with van der Waals surface area (Å²) in [4.78, 5) is 24.4. The second-order valence-corrected chi connectivity index (χ2v) is 5.33. The summed E-state index contributed by atoms with van der Waals surface area (Å²) in [6.45, 7) is 1.76. The fraction of sp³-hybridized carbons (Fsp3) is 0.176. The first-order valence-electron chi connectivity index (χ1n) is 7.13. The number of nitrogens with two attached hydrogens (primary N) is 1. The molecule has 2 aromatic carbocycles. The Kier molecular flexibility index (Phi) is 5.60. The number of carbonyl (C=O) groups excluding carboxylic acids is 2. The molecule has 2 rings (SSSR count). The van der Waals surface area contributed by atoms with Gasteiger partial charge in [-0.1, -0.05) is 36.7 Å². The first-order chi connectivity index (χ1) is 11.0. The van der Waals surface area contributed by atoms with Crippen LogP contribution >= 0.6 is 11.6 Å². The van der Waals surface area contributed by atoms with Crippen LogP contribution in [0.3, 0.4) is 0 Å². The van der Waals surface area contributed by atoms with E-state index in [4.69, 9.17) is 22.1 Å². The lowest BCUT2D eigenvalue weighted by Crippen LogP contribution is -2.32. The normalized spacial score (nSPS) is 11.6. The van der Waals surface area contributed by atoms with Gasteiger partial charge < -0.3 is 15.8 Å². The maximum absolute atomic E-state index is 12.2. The van der Waals surface area contributed by atoms with Crippen molar-refractivity contribution >= 4 is 34.9 Å². The Bertz CT molecular complexity index is 704. The lowest BCUT2D eigenvalue weighted by molar-refractivity contribution is -0.124. The Labute approximate surface area is 139 Å². The molecule has 0 radical (unpaired) electrons. The van der Waals surface area contributed by atoms with Crippen LogP contribution in [-0.2, 0) is 9.53 Å². The number of hydrogen-bond acceptors (Lipinski definition) is 4. The van der Waals surface area contributed by atoms with Crippen LogP contribution < -0.4 is 11.1 Å². The van der Waals surface area contributed by atoms with Gasteiger partial charge in [-0.2, -0.15) is 0 Å². The van der Waals surface area contributed by atoms with Crippen molar-refractivity contribution < 1.29 is 14.3 Å². The summed E-state index contributed by atoms with van der Waals surface area (Å²) in [6.07, 6.45) is -0.560. The molecule has 2 aromatic rings. The molecule has 6 heteroatoms. The molecule has 0 aliphatic carbocycles. The number of amides is 1. The Morgan fingerprint density at radius 2 is 1.91 bits per heavy atom. The molecule has 3 N–H and O–H groups in total.